The van der Waals surface area contributed by atoms with E-state index < -0.39 is 0 Å². The Hall–Kier alpha value is 1.36. The third-order valence-electron chi connectivity index (χ3n) is 19.8. The normalized spacial score (nSPS) is 57.3. The van der Waals surface area contributed by atoms with Crippen LogP contribution in [0.5, 0.6) is 0 Å². The molecule has 0 aromatic heterocycles. The molecular formula is C48H75NS4. The highest BCUT2D eigenvalue weighted by Gasteiger charge is 2.61. The first-order valence-corrected chi connectivity index (χ1v) is 28.4. The largest absolute Gasteiger partial charge is 0.292 e. The maximum absolute atomic E-state index is 3.54. The van der Waals surface area contributed by atoms with E-state index in [2.05, 4.69) is 51.9 Å². The number of nitrogens with zero attached hydrogens (tertiary/aromatic N) is 1. The van der Waals surface area contributed by atoms with E-state index in [4.69, 9.17) is 0 Å². The highest BCUT2D eigenvalue weighted by molar-refractivity contribution is 8.02. The lowest BCUT2D eigenvalue weighted by molar-refractivity contribution is -0.0138. The van der Waals surface area contributed by atoms with Crippen LogP contribution in [0.4, 0.5) is 0 Å². The van der Waals surface area contributed by atoms with E-state index in [1.807, 2.05) is 0 Å². The van der Waals surface area contributed by atoms with Crippen LogP contribution in [0, 0.1) is 59.2 Å². The first-order valence-electron chi connectivity index (χ1n) is 24.7. The number of hydrogen-bond acceptors (Lipinski definition) is 5. The Labute approximate surface area is 342 Å². The molecule has 0 spiro atoms. The van der Waals surface area contributed by atoms with Gasteiger partial charge in [0.1, 0.15) is 0 Å². The Balaban J connectivity index is 0.834. The van der Waals surface area contributed by atoms with Crippen molar-refractivity contribution in [2.75, 3.05) is 0 Å². The first kappa shape index (κ1) is 36.2. The molecule has 8 saturated carbocycles. The fraction of sp³-hybridized carbons (Fsp3) is 1.00. The van der Waals surface area contributed by atoms with E-state index >= 15 is 0 Å². The number of thioether (sulfide) groups is 4. The smallest absolute Gasteiger partial charge is 0.0237 e. The van der Waals surface area contributed by atoms with Crippen LogP contribution in [-0.2, 0) is 0 Å². The Morgan fingerprint density at radius 3 is 1.49 bits per heavy atom. The van der Waals surface area contributed by atoms with Crippen LogP contribution in [0.3, 0.4) is 0 Å². The molecule has 8 aliphatic carbocycles. The summed E-state index contributed by atoms with van der Waals surface area (Å²) < 4.78 is 0. The monoisotopic (exact) mass is 793 g/mol. The van der Waals surface area contributed by atoms with Gasteiger partial charge in [0.25, 0.3) is 0 Å². The Morgan fingerprint density at radius 2 is 0.811 bits per heavy atom. The van der Waals surface area contributed by atoms with Gasteiger partial charge < -0.3 is 0 Å². The minimum absolute atomic E-state index is 0.903. The van der Waals surface area contributed by atoms with Crippen LogP contribution < -0.4 is 0 Å². The minimum Gasteiger partial charge on any atom is -0.292 e. The molecule has 4 saturated heterocycles. The molecule has 0 aromatic carbocycles. The van der Waals surface area contributed by atoms with Gasteiger partial charge in [-0.15, -0.1) is 0 Å². The first-order chi connectivity index (χ1) is 26.3. The summed E-state index contributed by atoms with van der Waals surface area (Å²) in [6.07, 6.45) is 42.3. The zero-order valence-electron chi connectivity index (χ0n) is 33.3. The van der Waals surface area contributed by atoms with Crippen LogP contribution in [-0.4, -0.2) is 65.0 Å². The van der Waals surface area contributed by atoms with Crippen LogP contribution in [0.2, 0.25) is 0 Å². The van der Waals surface area contributed by atoms with Gasteiger partial charge in [0.2, 0.25) is 0 Å². The average molecular weight is 794 g/mol. The van der Waals surface area contributed by atoms with Crippen molar-refractivity contribution in [3.05, 3.63) is 0 Å². The summed E-state index contributed by atoms with van der Waals surface area (Å²) in [4.78, 5) is 3.54. The van der Waals surface area contributed by atoms with E-state index in [0.717, 1.165) is 119 Å². The summed E-state index contributed by atoms with van der Waals surface area (Å²) in [6.45, 7) is 0. The zero-order valence-corrected chi connectivity index (χ0v) is 36.6. The number of rotatable bonds is 4. The quantitative estimate of drug-likeness (QED) is 0.278. The summed E-state index contributed by atoms with van der Waals surface area (Å²) in [7, 11) is 0. The highest BCUT2D eigenvalue weighted by atomic mass is 32.2. The van der Waals surface area contributed by atoms with E-state index in [1.165, 1.54) is 19.3 Å². The number of hydrogen-bond donors (Lipinski definition) is 0. The van der Waals surface area contributed by atoms with E-state index in [9.17, 15) is 0 Å². The third-order valence-corrected chi connectivity index (χ3v) is 27.5. The zero-order chi connectivity index (χ0) is 34.6. The molecule has 0 radical (unpaired) electrons. The van der Waals surface area contributed by atoms with Gasteiger partial charge in [0, 0.05) is 60.1 Å². The van der Waals surface area contributed by atoms with Gasteiger partial charge in [-0.3, -0.25) is 4.90 Å². The van der Waals surface area contributed by atoms with Crippen molar-refractivity contribution in [2.45, 2.75) is 233 Å². The van der Waals surface area contributed by atoms with E-state index in [1.54, 1.807) is 154 Å². The molecule has 0 amide bonds. The van der Waals surface area contributed by atoms with E-state index in [-0.39, 0.29) is 0 Å². The summed E-state index contributed by atoms with van der Waals surface area (Å²) in [6, 6.07) is 2.71. The van der Waals surface area contributed by atoms with Crippen LogP contribution in [0.25, 0.3) is 0 Å². The van der Waals surface area contributed by atoms with Gasteiger partial charge in [0.15, 0.2) is 0 Å². The second-order valence-corrected chi connectivity index (χ2v) is 27.5. The number of fused-ring (bicyclic) bond motifs is 13. The van der Waals surface area contributed by atoms with Gasteiger partial charge >= 0.3 is 0 Å². The van der Waals surface area contributed by atoms with Crippen molar-refractivity contribution in [3.8, 4) is 0 Å². The molecule has 4 aliphatic heterocycles. The molecule has 12 fully saturated rings. The standard InChI is InChI=1S/C48H75NS4/c1-4-22-40-31(13-1)33-18-9-20-38(46(33)51-40)49(39-21-10-19-34-32-14-2-5-23-41(32)52-47(34)39)29-12-7-11-28(27-29)30-16-8-17-35-36-25-26-43-44(48(36)53-45(30)35)37-15-3-6-24-42(37)50-43/h28-48H,1-27H2. The molecule has 12 aliphatic rings. The Bertz CT molecular complexity index is 1260. The lowest BCUT2D eigenvalue weighted by Gasteiger charge is -2.54. The maximum Gasteiger partial charge on any atom is 0.0237 e. The van der Waals surface area contributed by atoms with Gasteiger partial charge in [-0.25, -0.2) is 0 Å². The lowest BCUT2D eigenvalue weighted by atomic mass is 9.62. The lowest BCUT2D eigenvalue weighted by Crippen LogP contribution is -2.60. The van der Waals surface area contributed by atoms with Crippen LogP contribution >= 0.6 is 47.0 Å². The summed E-state index contributed by atoms with van der Waals surface area (Å²) >= 11 is 10.4. The second-order valence-electron chi connectivity index (χ2n) is 21.8. The molecule has 12 rings (SSSR count). The summed E-state index contributed by atoms with van der Waals surface area (Å²) in [5.74, 6) is 10.7. The molecular weight excluding hydrogens is 719 g/mol. The average Bonchev–Trinajstić information content (AvgIpc) is 3.98. The van der Waals surface area contributed by atoms with Gasteiger partial charge in [-0.2, -0.15) is 47.0 Å². The minimum atomic E-state index is 0.903. The topological polar surface area (TPSA) is 3.24 Å². The second kappa shape index (κ2) is 15.1. The molecule has 5 heteroatoms. The predicted octanol–water partition coefficient (Wildman–Crippen LogP) is 13.1. The van der Waals surface area contributed by atoms with Gasteiger partial charge in [-0.1, -0.05) is 70.6 Å². The van der Waals surface area contributed by atoms with Gasteiger partial charge in [0.05, 0.1) is 0 Å². The Kier molecular flexibility index (Phi) is 10.3. The predicted molar refractivity (Wildman–Crippen MR) is 233 cm³/mol. The fourth-order valence-electron chi connectivity index (χ4n) is 18.0. The molecule has 0 bridgehead atoms. The van der Waals surface area contributed by atoms with Crippen LogP contribution in [0.15, 0.2) is 0 Å². The summed E-state index contributed by atoms with van der Waals surface area (Å²) in [5, 5.41) is 8.14. The van der Waals surface area contributed by atoms with Crippen molar-refractivity contribution >= 4 is 47.0 Å². The molecule has 0 N–H and O–H groups in total. The van der Waals surface area contributed by atoms with E-state index in [0.29, 0.717) is 0 Å². The molecule has 0 aromatic rings. The van der Waals surface area contributed by atoms with Gasteiger partial charge in [-0.05, 0) is 162 Å². The molecule has 53 heavy (non-hydrogen) atoms. The molecule has 21 atom stereocenters. The highest BCUT2D eigenvalue weighted by Crippen LogP contribution is 2.67. The van der Waals surface area contributed by atoms with Crippen molar-refractivity contribution in [2.24, 2.45) is 59.2 Å². The maximum atomic E-state index is 3.54. The van der Waals surface area contributed by atoms with Crippen molar-refractivity contribution in [3.63, 3.8) is 0 Å². The molecule has 21 unspecified atom stereocenters. The fourth-order valence-corrected chi connectivity index (χ4v) is 27.2. The Morgan fingerprint density at radius 1 is 0.302 bits per heavy atom. The summed E-state index contributed by atoms with van der Waals surface area (Å²) in [5.41, 5.74) is 0. The molecule has 296 valence electrons. The van der Waals surface area contributed by atoms with Crippen molar-refractivity contribution in [1.29, 1.82) is 0 Å². The SMILES string of the molecule is C1CCC2C(C1)SC1C2CCCC1N(C1CCCC(C2CCCC3C4CCC5SC6CCCCC6C5C4SC23)C1)C1CCCC2C3CCCCC3SC21. The molecule has 4 heterocycles. The van der Waals surface area contributed by atoms with Crippen molar-refractivity contribution < 1.29 is 0 Å². The van der Waals surface area contributed by atoms with Crippen LogP contribution in [0.1, 0.15) is 173 Å². The third kappa shape index (κ3) is 6.14. The van der Waals surface area contributed by atoms with Crippen molar-refractivity contribution in [1.82, 2.24) is 4.90 Å². The molecule has 1 nitrogen and oxygen atoms in total.